The first-order valence-corrected chi connectivity index (χ1v) is 10.7. The number of aliphatic carboxylic acids is 1. The molecule has 1 unspecified atom stereocenters. The summed E-state index contributed by atoms with van der Waals surface area (Å²) in [6.45, 7) is 7.06. The summed E-state index contributed by atoms with van der Waals surface area (Å²) in [7, 11) is 0. The van der Waals surface area contributed by atoms with E-state index in [9.17, 15) is 9.59 Å². The molecule has 156 valence electrons. The van der Waals surface area contributed by atoms with Crippen molar-refractivity contribution in [3.05, 3.63) is 70.6 Å². The van der Waals surface area contributed by atoms with Gasteiger partial charge in [0.15, 0.2) is 5.13 Å². The van der Waals surface area contributed by atoms with Gasteiger partial charge in [-0.05, 0) is 38.5 Å². The van der Waals surface area contributed by atoms with Crippen LogP contribution in [0.3, 0.4) is 0 Å². The summed E-state index contributed by atoms with van der Waals surface area (Å²) in [5.74, 6) is -1.46. The summed E-state index contributed by atoms with van der Waals surface area (Å²) in [5.41, 5.74) is 4.77. The number of hydrogen-bond donors (Lipinski definition) is 2. The summed E-state index contributed by atoms with van der Waals surface area (Å²) in [4.78, 5) is 30.0. The summed E-state index contributed by atoms with van der Waals surface area (Å²) in [5, 5.41) is 14.4. The zero-order chi connectivity index (χ0) is 21.7. The topological polar surface area (TPSA) is 82.5 Å². The van der Waals surface area contributed by atoms with Gasteiger partial charge >= 0.3 is 5.97 Å². The van der Waals surface area contributed by atoms with Crippen LogP contribution in [-0.4, -0.2) is 34.6 Å². The predicted octanol–water partition coefficient (Wildman–Crippen LogP) is 4.35. The molecule has 2 aromatic carbocycles. The third-order valence-corrected chi connectivity index (χ3v) is 5.70. The minimum Gasteiger partial charge on any atom is -0.480 e. The minimum absolute atomic E-state index is 0.397. The fourth-order valence-electron chi connectivity index (χ4n) is 2.90. The first kappa shape index (κ1) is 21.5. The van der Waals surface area contributed by atoms with E-state index in [4.69, 9.17) is 10.1 Å². The predicted molar refractivity (Wildman–Crippen MR) is 120 cm³/mol. The van der Waals surface area contributed by atoms with Crippen LogP contribution in [0, 0.1) is 6.92 Å². The summed E-state index contributed by atoms with van der Waals surface area (Å²) in [6, 6.07) is 14.6. The molecule has 1 aromatic heterocycles. The number of aromatic nitrogens is 1. The number of nitrogens with one attached hydrogen (secondary N) is 1. The molecule has 0 aliphatic heterocycles. The molecule has 30 heavy (non-hydrogen) atoms. The van der Waals surface area contributed by atoms with Crippen molar-refractivity contribution in [2.75, 3.05) is 11.4 Å². The molecule has 3 aromatic rings. The molecular weight excluding hydrogens is 398 g/mol. The molecule has 1 atom stereocenters. The molecule has 7 heteroatoms. The Balaban J connectivity index is 1.68. The monoisotopic (exact) mass is 423 g/mol. The van der Waals surface area contributed by atoms with Gasteiger partial charge in [-0.2, -0.15) is 0 Å². The molecule has 0 spiro atoms. The van der Waals surface area contributed by atoms with Crippen LogP contribution in [-0.2, 0) is 11.3 Å². The number of carboxylic acid groups (broad SMARTS) is 1. The van der Waals surface area contributed by atoms with E-state index in [1.165, 1.54) is 12.5 Å². The molecule has 6 nitrogen and oxygen atoms in total. The van der Waals surface area contributed by atoms with Gasteiger partial charge in [-0.3, -0.25) is 9.59 Å². The summed E-state index contributed by atoms with van der Waals surface area (Å²) < 4.78 is 0. The van der Waals surface area contributed by atoms with Gasteiger partial charge in [-0.25, -0.2) is 4.98 Å². The van der Waals surface area contributed by atoms with Crippen LogP contribution < -0.4 is 10.2 Å². The molecule has 0 bridgehead atoms. The zero-order valence-corrected chi connectivity index (χ0v) is 18.1. The van der Waals surface area contributed by atoms with Crippen molar-refractivity contribution >= 4 is 28.3 Å². The average molecular weight is 424 g/mol. The molecule has 0 saturated heterocycles. The van der Waals surface area contributed by atoms with Gasteiger partial charge < -0.3 is 15.3 Å². The Morgan fingerprint density at radius 2 is 1.80 bits per heavy atom. The number of amides is 1. The molecule has 0 aliphatic carbocycles. The van der Waals surface area contributed by atoms with Crippen molar-refractivity contribution in [1.82, 2.24) is 10.3 Å². The minimum atomic E-state index is -1.06. The van der Waals surface area contributed by atoms with Crippen molar-refractivity contribution in [2.45, 2.75) is 33.4 Å². The Hall–Kier alpha value is -3.19. The number of thiazole rings is 1. The van der Waals surface area contributed by atoms with E-state index in [2.05, 4.69) is 53.7 Å². The molecule has 1 amide bonds. The van der Waals surface area contributed by atoms with E-state index in [0.29, 0.717) is 12.1 Å². The average Bonchev–Trinajstić information content (AvgIpc) is 3.22. The lowest BCUT2D eigenvalue weighted by atomic mass is 10.1. The molecule has 2 N–H and O–H groups in total. The highest BCUT2D eigenvalue weighted by Crippen LogP contribution is 2.28. The highest BCUT2D eigenvalue weighted by Gasteiger charge is 2.16. The van der Waals surface area contributed by atoms with Crippen molar-refractivity contribution in [3.63, 3.8) is 0 Å². The number of carboxylic acids is 1. The molecule has 0 fully saturated rings. The maximum absolute atomic E-state index is 12.1. The Morgan fingerprint density at radius 3 is 2.40 bits per heavy atom. The van der Waals surface area contributed by atoms with E-state index in [0.717, 1.165) is 28.5 Å². The number of hydrogen-bond acceptors (Lipinski definition) is 5. The fraction of sp³-hybridized carbons (Fsp3) is 0.261. The molecule has 0 saturated carbocycles. The highest BCUT2D eigenvalue weighted by molar-refractivity contribution is 7.14. The van der Waals surface area contributed by atoms with E-state index in [1.54, 1.807) is 23.5 Å². The standard InChI is InChI=1S/C23H25N3O3S/c1-4-26(23-25-20(14-30-23)18-9-5-15(2)6-10-18)13-17-7-11-19(12-8-17)21(27)24-16(3)22(28)29/h5-12,14,16H,4,13H2,1-3H3,(H,24,27)(H,28,29). The van der Waals surface area contributed by atoms with Crippen molar-refractivity contribution < 1.29 is 14.7 Å². The Bertz CT molecular complexity index is 1010. The quantitative estimate of drug-likeness (QED) is 0.563. The molecular formula is C23H25N3O3S. The Labute approximate surface area is 180 Å². The van der Waals surface area contributed by atoms with Gasteiger partial charge in [-0.15, -0.1) is 11.3 Å². The van der Waals surface area contributed by atoms with Crippen LogP contribution in [0.25, 0.3) is 11.3 Å². The third kappa shape index (κ3) is 5.24. The van der Waals surface area contributed by atoms with E-state index < -0.39 is 17.9 Å². The molecule has 1 heterocycles. The highest BCUT2D eigenvalue weighted by atomic mass is 32.1. The van der Waals surface area contributed by atoms with Crippen LogP contribution in [0.1, 0.15) is 35.3 Å². The largest absolute Gasteiger partial charge is 0.480 e. The third-order valence-electron chi connectivity index (χ3n) is 4.80. The first-order chi connectivity index (χ1) is 14.4. The number of carbonyl (C=O) groups is 2. The second-order valence-corrected chi connectivity index (χ2v) is 7.96. The second-order valence-electron chi connectivity index (χ2n) is 7.13. The van der Waals surface area contributed by atoms with Gasteiger partial charge in [0.2, 0.25) is 0 Å². The number of nitrogens with zero attached hydrogens (tertiary/aromatic N) is 2. The van der Waals surface area contributed by atoms with E-state index in [-0.39, 0.29) is 0 Å². The normalized spacial score (nSPS) is 11.7. The number of carbonyl (C=O) groups excluding carboxylic acids is 1. The van der Waals surface area contributed by atoms with E-state index >= 15 is 0 Å². The molecule has 3 rings (SSSR count). The maximum atomic E-state index is 12.1. The lowest BCUT2D eigenvalue weighted by Gasteiger charge is -2.20. The van der Waals surface area contributed by atoms with Gasteiger partial charge in [0, 0.05) is 29.6 Å². The SMILES string of the molecule is CCN(Cc1ccc(C(=O)NC(C)C(=O)O)cc1)c1nc(-c2ccc(C)cc2)cs1. The van der Waals surface area contributed by atoms with Crippen LogP contribution >= 0.6 is 11.3 Å². The zero-order valence-electron chi connectivity index (χ0n) is 17.3. The van der Waals surface area contributed by atoms with Crippen molar-refractivity contribution in [3.8, 4) is 11.3 Å². The number of rotatable bonds is 8. The number of anilines is 1. The first-order valence-electron chi connectivity index (χ1n) is 9.77. The van der Waals surface area contributed by atoms with Crippen LogP contribution in [0.4, 0.5) is 5.13 Å². The Morgan fingerprint density at radius 1 is 1.13 bits per heavy atom. The van der Waals surface area contributed by atoms with Crippen LogP contribution in [0.5, 0.6) is 0 Å². The van der Waals surface area contributed by atoms with Gasteiger partial charge in [0.25, 0.3) is 5.91 Å². The summed E-state index contributed by atoms with van der Waals surface area (Å²) >= 11 is 1.61. The van der Waals surface area contributed by atoms with E-state index in [1.807, 2.05) is 12.1 Å². The van der Waals surface area contributed by atoms with Crippen LogP contribution in [0.2, 0.25) is 0 Å². The van der Waals surface area contributed by atoms with Crippen molar-refractivity contribution in [2.24, 2.45) is 0 Å². The second kappa shape index (κ2) is 9.54. The Kier molecular flexibility index (Phi) is 6.84. The number of benzene rings is 2. The van der Waals surface area contributed by atoms with Gasteiger partial charge in [0.1, 0.15) is 6.04 Å². The maximum Gasteiger partial charge on any atom is 0.325 e. The summed E-state index contributed by atoms with van der Waals surface area (Å²) in [6.07, 6.45) is 0. The fourth-order valence-corrected chi connectivity index (χ4v) is 3.80. The molecule has 0 aliphatic rings. The van der Waals surface area contributed by atoms with Gasteiger partial charge in [-0.1, -0.05) is 42.0 Å². The van der Waals surface area contributed by atoms with Gasteiger partial charge in [0.05, 0.1) is 5.69 Å². The van der Waals surface area contributed by atoms with Crippen molar-refractivity contribution in [1.29, 1.82) is 0 Å². The van der Waals surface area contributed by atoms with Crippen LogP contribution in [0.15, 0.2) is 53.9 Å². The lowest BCUT2D eigenvalue weighted by molar-refractivity contribution is -0.138. The molecule has 0 radical (unpaired) electrons. The lowest BCUT2D eigenvalue weighted by Crippen LogP contribution is -2.38. The smallest absolute Gasteiger partial charge is 0.325 e. The number of aryl methyl sites for hydroxylation is 1.